The number of carbonyl (C=O) groups is 1. The Balaban J connectivity index is 1.41. The topological polar surface area (TPSA) is 58.1 Å². The summed E-state index contributed by atoms with van der Waals surface area (Å²) in [7, 11) is 0. The summed E-state index contributed by atoms with van der Waals surface area (Å²) in [6.07, 6.45) is 9.60. The van der Waals surface area contributed by atoms with Crippen LogP contribution in [0.1, 0.15) is 70.3 Å². The van der Waals surface area contributed by atoms with Crippen molar-refractivity contribution in [3.63, 3.8) is 0 Å². The Morgan fingerprint density at radius 3 is 2.89 bits per heavy atom. The lowest BCUT2D eigenvalue weighted by atomic mass is 9.90. The molecule has 140 valence electrons. The normalized spacial score (nSPS) is 21.6. The number of rotatable bonds is 2. The van der Waals surface area contributed by atoms with Crippen LogP contribution in [0.15, 0.2) is 24.4 Å². The molecule has 3 heterocycles. The molecule has 1 atom stereocenters. The zero-order valence-corrected chi connectivity index (χ0v) is 15.7. The fraction of sp³-hybridized carbons (Fsp3) is 0.500. The average Bonchev–Trinajstić information content (AvgIpc) is 3.22. The van der Waals surface area contributed by atoms with E-state index >= 15 is 0 Å². The maximum Gasteiger partial charge on any atom is 0.254 e. The zero-order chi connectivity index (χ0) is 18.2. The molecule has 0 bridgehead atoms. The first kappa shape index (κ1) is 16.9. The molecule has 1 saturated heterocycles. The molecule has 3 aliphatic rings. The summed E-state index contributed by atoms with van der Waals surface area (Å²) in [4.78, 5) is 24.7. The molecule has 1 N–H and O–H groups in total. The van der Waals surface area contributed by atoms with E-state index < -0.39 is 0 Å². The first-order chi connectivity index (χ1) is 13.3. The van der Waals surface area contributed by atoms with E-state index in [1.807, 2.05) is 17.2 Å². The van der Waals surface area contributed by atoms with Gasteiger partial charge in [0.25, 0.3) is 5.91 Å². The fourth-order valence-electron chi connectivity index (χ4n) is 4.72. The Morgan fingerprint density at radius 2 is 1.96 bits per heavy atom. The number of nitrogens with zero attached hydrogens (tertiary/aromatic N) is 3. The van der Waals surface area contributed by atoms with Gasteiger partial charge < -0.3 is 10.2 Å². The van der Waals surface area contributed by atoms with Gasteiger partial charge in [0.15, 0.2) is 5.82 Å². The van der Waals surface area contributed by atoms with E-state index in [1.54, 1.807) is 0 Å². The van der Waals surface area contributed by atoms with Crippen LogP contribution in [-0.2, 0) is 25.8 Å². The van der Waals surface area contributed by atoms with Gasteiger partial charge in [0.2, 0.25) is 0 Å². The van der Waals surface area contributed by atoms with Crippen molar-refractivity contribution in [2.24, 2.45) is 0 Å². The van der Waals surface area contributed by atoms with Crippen molar-refractivity contribution in [1.29, 1.82) is 0 Å². The Labute approximate surface area is 160 Å². The van der Waals surface area contributed by atoms with Crippen LogP contribution >= 0.6 is 0 Å². The lowest BCUT2D eigenvalue weighted by Gasteiger charge is -2.26. The van der Waals surface area contributed by atoms with Crippen LogP contribution < -0.4 is 5.32 Å². The van der Waals surface area contributed by atoms with Crippen LogP contribution in [0.25, 0.3) is 0 Å². The highest BCUT2D eigenvalue weighted by Crippen LogP contribution is 2.32. The number of hydrogen-bond acceptors (Lipinski definition) is 4. The average molecular weight is 362 g/mol. The molecular formula is C22H26N4O. The van der Waals surface area contributed by atoms with Gasteiger partial charge in [-0.15, -0.1) is 0 Å². The van der Waals surface area contributed by atoms with Gasteiger partial charge in [-0.2, -0.15) is 0 Å². The number of likely N-dealkylation sites (tertiary alicyclic amines) is 1. The number of nitrogens with one attached hydrogen (secondary N) is 1. The molecule has 1 aromatic carbocycles. The van der Waals surface area contributed by atoms with Crippen molar-refractivity contribution in [1.82, 2.24) is 20.2 Å². The third-order valence-corrected chi connectivity index (χ3v) is 6.23. The van der Waals surface area contributed by atoms with E-state index in [-0.39, 0.29) is 11.9 Å². The van der Waals surface area contributed by atoms with Crippen molar-refractivity contribution in [3.8, 4) is 0 Å². The maximum atomic E-state index is 13.3. The molecule has 0 radical (unpaired) electrons. The molecule has 0 spiro atoms. The highest BCUT2D eigenvalue weighted by Gasteiger charge is 2.33. The van der Waals surface area contributed by atoms with E-state index in [0.29, 0.717) is 0 Å². The zero-order valence-electron chi connectivity index (χ0n) is 15.7. The van der Waals surface area contributed by atoms with Crippen molar-refractivity contribution in [2.75, 3.05) is 13.1 Å². The highest BCUT2D eigenvalue weighted by molar-refractivity contribution is 5.95. The molecule has 27 heavy (non-hydrogen) atoms. The molecule has 5 nitrogen and oxygen atoms in total. The van der Waals surface area contributed by atoms with Gasteiger partial charge in [-0.1, -0.05) is 6.07 Å². The Kier molecular flexibility index (Phi) is 4.40. The van der Waals surface area contributed by atoms with Gasteiger partial charge in [-0.3, -0.25) is 4.79 Å². The molecule has 1 aliphatic carbocycles. The first-order valence-corrected chi connectivity index (χ1v) is 10.3. The van der Waals surface area contributed by atoms with Gasteiger partial charge in [-0.05, 0) is 61.8 Å². The lowest BCUT2D eigenvalue weighted by Crippen LogP contribution is -2.32. The van der Waals surface area contributed by atoms with E-state index in [2.05, 4.69) is 22.4 Å². The molecule has 2 aliphatic heterocycles. The molecule has 2 aromatic rings. The Hall–Kier alpha value is -2.27. The monoisotopic (exact) mass is 362 g/mol. The van der Waals surface area contributed by atoms with Crippen molar-refractivity contribution in [3.05, 3.63) is 58.2 Å². The van der Waals surface area contributed by atoms with Gasteiger partial charge in [0.1, 0.15) is 0 Å². The number of aryl methyl sites for hydroxylation is 2. The quantitative estimate of drug-likeness (QED) is 0.892. The molecule has 0 saturated carbocycles. The van der Waals surface area contributed by atoms with Gasteiger partial charge in [0, 0.05) is 49.1 Å². The standard InChI is InChI=1S/C22H26N4O/c27-22(17-8-7-15-4-1-2-5-16(15)12-17)26-11-3-6-20(26)21-24-14-18-13-23-10-9-19(18)25-21/h7-8,12,14,20,23H,1-6,9-11,13H2. The van der Waals surface area contributed by atoms with Gasteiger partial charge >= 0.3 is 0 Å². The summed E-state index contributed by atoms with van der Waals surface area (Å²) in [5.74, 6) is 0.952. The molecule has 5 rings (SSSR count). The minimum Gasteiger partial charge on any atom is -0.328 e. The predicted octanol–water partition coefficient (Wildman–Crippen LogP) is 2.98. The Bertz CT molecular complexity index is 879. The second kappa shape index (κ2) is 7.04. The largest absolute Gasteiger partial charge is 0.328 e. The van der Waals surface area contributed by atoms with Crippen LogP contribution in [0.2, 0.25) is 0 Å². The number of hydrogen-bond donors (Lipinski definition) is 1. The number of amides is 1. The molecule has 1 amide bonds. The van der Waals surface area contributed by atoms with E-state index in [0.717, 1.165) is 68.8 Å². The third-order valence-electron chi connectivity index (χ3n) is 6.23. The summed E-state index contributed by atoms with van der Waals surface area (Å²) >= 11 is 0. The molecular weight excluding hydrogens is 336 g/mol. The summed E-state index contributed by atoms with van der Waals surface area (Å²) in [5.41, 5.74) is 5.94. The SMILES string of the molecule is O=C(c1ccc2c(c1)CCCC2)N1CCCC1c1ncc2c(n1)CCNC2. The number of benzene rings is 1. The molecule has 1 fully saturated rings. The van der Waals surface area contributed by atoms with Gasteiger partial charge in [-0.25, -0.2) is 9.97 Å². The smallest absolute Gasteiger partial charge is 0.254 e. The van der Waals surface area contributed by atoms with Crippen molar-refractivity contribution < 1.29 is 4.79 Å². The van der Waals surface area contributed by atoms with Gasteiger partial charge in [0.05, 0.1) is 6.04 Å². The third kappa shape index (κ3) is 3.14. The molecule has 1 unspecified atom stereocenters. The van der Waals surface area contributed by atoms with Crippen LogP contribution in [-0.4, -0.2) is 33.9 Å². The lowest BCUT2D eigenvalue weighted by molar-refractivity contribution is 0.0729. The fourth-order valence-corrected chi connectivity index (χ4v) is 4.72. The number of fused-ring (bicyclic) bond motifs is 2. The summed E-state index contributed by atoms with van der Waals surface area (Å²) in [6, 6.07) is 6.32. The van der Waals surface area contributed by atoms with Crippen molar-refractivity contribution in [2.45, 2.75) is 57.5 Å². The van der Waals surface area contributed by atoms with Crippen LogP contribution in [0, 0.1) is 0 Å². The first-order valence-electron chi connectivity index (χ1n) is 10.3. The second-order valence-electron chi connectivity index (χ2n) is 7.97. The summed E-state index contributed by atoms with van der Waals surface area (Å²) in [6.45, 7) is 2.60. The predicted molar refractivity (Wildman–Crippen MR) is 104 cm³/mol. The van der Waals surface area contributed by atoms with E-state index in [1.165, 1.54) is 29.5 Å². The van der Waals surface area contributed by atoms with Crippen LogP contribution in [0.3, 0.4) is 0 Å². The van der Waals surface area contributed by atoms with Crippen molar-refractivity contribution >= 4 is 5.91 Å². The van der Waals surface area contributed by atoms with Crippen LogP contribution in [0.4, 0.5) is 0 Å². The highest BCUT2D eigenvalue weighted by atomic mass is 16.2. The summed E-state index contributed by atoms with van der Waals surface area (Å²) in [5, 5.41) is 3.36. The van der Waals surface area contributed by atoms with E-state index in [4.69, 9.17) is 4.98 Å². The number of aromatic nitrogens is 2. The van der Waals surface area contributed by atoms with E-state index in [9.17, 15) is 4.79 Å². The van der Waals surface area contributed by atoms with Crippen LogP contribution in [0.5, 0.6) is 0 Å². The molecule has 1 aromatic heterocycles. The minimum atomic E-state index is 0.00807. The Morgan fingerprint density at radius 1 is 1.07 bits per heavy atom. The summed E-state index contributed by atoms with van der Waals surface area (Å²) < 4.78 is 0. The maximum absolute atomic E-state index is 13.3. The number of carbonyl (C=O) groups excluding carboxylic acids is 1. The minimum absolute atomic E-state index is 0.00807. The molecule has 5 heteroatoms. The second-order valence-corrected chi connectivity index (χ2v) is 7.97.